The Balaban J connectivity index is 1.67. The SMILES string of the molecule is C[C@@H](NCCn1cnc2ccccc2c1=O)c1cccc([N+](=O)[O-])c1. The summed E-state index contributed by atoms with van der Waals surface area (Å²) < 4.78 is 1.56. The lowest BCUT2D eigenvalue weighted by Crippen LogP contribution is -2.28. The summed E-state index contributed by atoms with van der Waals surface area (Å²) in [6.45, 7) is 2.94. The van der Waals surface area contributed by atoms with Gasteiger partial charge in [-0.05, 0) is 24.6 Å². The maximum atomic E-state index is 12.4. The number of fused-ring (bicyclic) bond motifs is 1. The molecule has 0 aliphatic heterocycles. The molecule has 0 radical (unpaired) electrons. The zero-order valence-corrected chi connectivity index (χ0v) is 13.8. The zero-order valence-electron chi connectivity index (χ0n) is 13.8. The average molecular weight is 338 g/mol. The van der Waals surface area contributed by atoms with Crippen LogP contribution in [0.15, 0.2) is 59.7 Å². The van der Waals surface area contributed by atoms with Crippen LogP contribution in [0.1, 0.15) is 18.5 Å². The van der Waals surface area contributed by atoms with Crippen molar-refractivity contribution < 1.29 is 4.92 Å². The van der Waals surface area contributed by atoms with Gasteiger partial charge in [-0.3, -0.25) is 19.5 Å². The van der Waals surface area contributed by atoms with Crippen LogP contribution in [0.25, 0.3) is 10.9 Å². The third kappa shape index (κ3) is 3.72. The maximum absolute atomic E-state index is 12.4. The van der Waals surface area contributed by atoms with Crippen LogP contribution in [0.2, 0.25) is 0 Å². The maximum Gasteiger partial charge on any atom is 0.269 e. The number of rotatable bonds is 6. The van der Waals surface area contributed by atoms with Gasteiger partial charge < -0.3 is 5.32 Å². The number of nitrogens with zero attached hydrogens (tertiary/aromatic N) is 3. The van der Waals surface area contributed by atoms with Crippen molar-refractivity contribution in [2.45, 2.75) is 19.5 Å². The molecule has 0 saturated carbocycles. The standard InChI is InChI=1S/C18H18N4O3/c1-13(14-5-4-6-15(11-14)22(24)25)19-9-10-21-12-20-17-8-3-2-7-16(17)18(21)23/h2-8,11-13,19H,9-10H2,1H3/t13-/m1/s1. The Morgan fingerprint density at radius 1 is 1.24 bits per heavy atom. The van der Waals surface area contributed by atoms with Gasteiger partial charge in [0.2, 0.25) is 0 Å². The van der Waals surface area contributed by atoms with Crippen LogP contribution in [-0.4, -0.2) is 21.0 Å². The number of hydrogen-bond donors (Lipinski definition) is 1. The Labute approximate surface area is 144 Å². The van der Waals surface area contributed by atoms with Crippen LogP contribution in [0.4, 0.5) is 5.69 Å². The summed E-state index contributed by atoms with van der Waals surface area (Å²) in [6, 6.07) is 13.7. The number of para-hydroxylation sites is 1. The predicted octanol–water partition coefficient (Wildman–Crippen LogP) is 2.66. The highest BCUT2D eigenvalue weighted by Gasteiger charge is 2.10. The van der Waals surface area contributed by atoms with E-state index in [9.17, 15) is 14.9 Å². The van der Waals surface area contributed by atoms with E-state index in [1.165, 1.54) is 6.07 Å². The average Bonchev–Trinajstić information content (AvgIpc) is 2.64. The third-order valence-corrected chi connectivity index (χ3v) is 4.12. The Kier molecular flexibility index (Phi) is 4.85. The molecule has 0 saturated heterocycles. The molecule has 1 N–H and O–H groups in total. The van der Waals surface area contributed by atoms with E-state index in [0.717, 1.165) is 5.56 Å². The van der Waals surface area contributed by atoms with E-state index >= 15 is 0 Å². The highest BCUT2D eigenvalue weighted by molar-refractivity contribution is 5.76. The Bertz CT molecular complexity index is 968. The molecule has 1 heterocycles. The van der Waals surface area contributed by atoms with Gasteiger partial charge in [-0.25, -0.2) is 4.98 Å². The molecule has 0 spiro atoms. The lowest BCUT2D eigenvalue weighted by atomic mass is 10.1. The van der Waals surface area contributed by atoms with E-state index < -0.39 is 4.92 Å². The normalized spacial score (nSPS) is 12.2. The largest absolute Gasteiger partial charge is 0.308 e. The Hall–Kier alpha value is -3.06. The molecule has 3 rings (SSSR count). The number of benzene rings is 2. The van der Waals surface area contributed by atoms with Gasteiger partial charge in [-0.15, -0.1) is 0 Å². The summed E-state index contributed by atoms with van der Waals surface area (Å²) in [6.07, 6.45) is 1.55. The van der Waals surface area contributed by atoms with Crippen molar-refractivity contribution in [2.75, 3.05) is 6.54 Å². The Morgan fingerprint density at radius 3 is 2.84 bits per heavy atom. The van der Waals surface area contributed by atoms with Crippen LogP contribution < -0.4 is 10.9 Å². The molecule has 0 amide bonds. The van der Waals surface area contributed by atoms with Crippen LogP contribution in [0, 0.1) is 10.1 Å². The van der Waals surface area contributed by atoms with Gasteiger partial charge >= 0.3 is 0 Å². The third-order valence-electron chi connectivity index (χ3n) is 4.12. The molecule has 0 fully saturated rings. The monoisotopic (exact) mass is 338 g/mol. The molecule has 1 aromatic heterocycles. The van der Waals surface area contributed by atoms with Crippen molar-refractivity contribution in [3.63, 3.8) is 0 Å². The highest BCUT2D eigenvalue weighted by atomic mass is 16.6. The summed E-state index contributed by atoms with van der Waals surface area (Å²) in [5, 5.41) is 14.7. The second-order valence-corrected chi connectivity index (χ2v) is 5.79. The number of hydrogen-bond acceptors (Lipinski definition) is 5. The first-order valence-electron chi connectivity index (χ1n) is 7.98. The fourth-order valence-corrected chi connectivity index (χ4v) is 2.69. The molecule has 7 nitrogen and oxygen atoms in total. The van der Waals surface area contributed by atoms with E-state index in [0.29, 0.717) is 24.0 Å². The molecule has 3 aromatic rings. The minimum atomic E-state index is -0.406. The molecule has 1 atom stereocenters. The summed E-state index contributed by atoms with van der Waals surface area (Å²) in [4.78, 5) is 27.2. The van der Waals surface area contributed by atoms with Crippen molar-refractivity contribution >= 4 is 16.6 Å². The molecule has 0 bridgehead atoms. The fraction of sp³-hybridized carbons (Fsp3) is 0.222. The minimum absolute atomic E-state index is 0.0657. The van der Waals surface area contributed by atoms with Crippen molar-refractivity contribution in [3.8, 4) is 0 Å². The van der Waals surface area contributed by atoms with Crippen LogP contribution in [0.5, 0.6) is 0 Å². The first-order valence-corrected chi connectivity index (χ1v) is 7.98. The van der Waals surface area contributed by atoms with Crippen molar-refractivity contribution in [1.29, 1.82) is 0 Å². The van der Waals surface area contributed by atoms with Gasteiger partial charge in [0.05, 0.1) is 22.2 Å². The van der Waals surface area contributed by atoms with Crippen molar-refractivity contribution in [2.24, 2.45) is 0 Å². The quantitative estimate of drug-likeness (QED) is 0.551. The lowest BCUT2D eigenvalue weighted by Gasteiger charge is -2.15. The number of nitro benzene ring substituents is 1. The van der Waals surface area contributed by atoms with E-state index in [1.54, 1.807) is 29.1 Å². The van der Waals surface area contributed by atoms with Gasteiger partial charge in [0, 0.05) is 31.3 Å². The summed E-state index contributed by atoms with van der Waals surface area (Å²) in [5.41, 5.74) is 1.51. The smallest absolute Gasteiger partial charge is 0.269 e. The van der Waals surface area contributed by atoms with Gasteiger partial charge in [0.15, 0.2) is 0 Å². The second kappa shape index (κ2) is 7.23. The summed E-state index contributed by atoms with van der Waals surface area (Å²) in [5.74, 6) is 0. The Morgan fingerprint density at radius 2 is 2.04 bits per heavy atom. The van der Waals surface area contributed by atoms with E-state index in [4.69, 9.17) is 0 Å². The van der Waals surface area contributed by atoms with E-state index in [-0.39, 0.29) is 17.3 Å². The number of nitrogens with one attached hydrogen (secondary N) is 1. The highest BCUT2D eigenvalue weighted by Crippen LogP contribution is 2.18. The molecule has 7 heteroatoms. The van der Waals surface area contributed by atoms with Gasteiger partial charge in [-0.1, -0.05) is 24.3 Å². The molecule has 25 heavy (non-hydrogen) atoms. The minimum Gasteiger partial charge on any atom is -0.308 e. The van der Waals surface area contributed by atoms with Crippen molar-refractivity contribution in [3.05, 3.63) is 80.9 Å². The number of non-ortho nitro benzene ring substituents is 1. The fourth-order valence-electron chi connectivity index (χ4n) is 2.69. The predicted molar refractivity (Wildman–Crippen MR) is 95.5 cm³/mol. The van der Waals surface area contributed by atoms with Gasteiger partial charge in [0.25, 0.3) is 11.2 Å². The molecule has 2 aromatic carbocycles. The number of aromatic nitrogens is 2. The molecular formula is C18H18N4O3. The van der Waals surface area contributed by atoms with Crippen LogP contribution >= 0.6 is 0 Å². The first kappa shape index (κ1) is 16.8. The van der Waals surface area contributed by atoms with Crippen LogP contribution in [0.3, 0.4) is 0 Å². The number of nitro groups is 1. The van der Waals surface area contributed by atoms with Crippen LogP contribution in [-0.2, 0) is 6.54 Å². The van der Waals surface area contributed by atoms with E-state index in [1.807, 2.05) is 31.2 Å². The molecule has 128 valence electrons. The van der Waals surface area contributed by atoms with Gasteiger partial charge in [0.1, 0.15) is 0 Å². The molecule has 0 unspecified atom stereocenters. The first-order chi connectivity index (χ1) is 12.1. The van der Waals surface area contributed by atoms with Gasteiger partial charge in [-0.2, -0.15) is 0 Å². The topological polar surface area (TPSA) is 90.1 Å². The summed E-state index contributed by atoms with van der Waals surface area (Å²) >= 11 is 0. The van der Waals surface area contributed by atoms with Crippen molar-refractivity contribution in [1.82, 2.24) is 14.9 Å². The summed E-state index contributed by atoms with van der Waals surface area (Å²) in [7, 11) is 0. The molecular weight excluding hydrogens is 320 g/mol. The molecule has 0 aliphatic carbocycles. The lowest BCUT2D eigenvalue weighted by molar-refractivity contribution is -0.384. The second-order valence-electron chi connectivity index (χ2n) is 5.79. The zero-order chi connectivity index (χ0) is 17.8. The van der Waals surface area contributed by atoms with E-state index in [2.05, 4.69) is 10.3 Å². The molecule has 0 aliphatic rings.